The maximum Gasteiger partial charge on any atom is 0.237 e. The Hall–Kier alpha value is -1.47. The highest BCUT2D eigenvalue weighted by Gasteiger charge is 2.22. The van der Waals surface area contributed by atoms with Crippen LogP contribution in [0.15, 0.2) is 0 Å². The molecule has 0 aromatic rings. The van der Waals surface area contributed by atoms with Crippen LogP contribution in [0.2, 0.25) is 0 Å². The molecule has 0 radical (unpaired) electrons. The zero-order chi connectivity index (χ0) is 21.2. The van der Waals surface area contributed by atoms with Gasteiger partial charge in [-0.15, -0.1) is 0 Å². The number of Topliss-reactive ketones (excluding diaryl/α,β-unsaturated/α-hetero) is 1. The standard InChI is InChI=1S/C21H42N4O3/c1-5-6-7-14-20(27)24-16-11-9-13-19(23-4)21(28)25-18(17(2)26)12-8-10-15-22-3/h18-19,22-23H,5-16H2,1-4H3,(H,24,27)(H,25,28). The Morgan fingerprint density at radius 2 is 1.46 bits per heavy atom. The van der Waals surface area contributed by atoms with Crippen molar-refractivity contribution < 1.29 is 14.4 Å². The van der Waals surface area contributed by atoms with E-state index in [4.69, 9.17) is 0 Å². The van der Waals surface area contributed by atoms with Gasteiger partial charge in [0.2, 0.25) is 11.8 Å². The Morgan fingerprint density at radius 1 is 0.821 bits per heavy atom. The fourth-order valence-corrected chi connectivity index (χ4v) is 3.03. The van der Waals surface area contributed by atoms with Crippen LogP contribution in [0.3, 0.4) is 0 Å². The van der Waals surface area contributed by atoms with Crippen molar-refractivity contribution in [2.75, 3.05) is 27.2 Å². The topological polar surface area (TPSA) is 99.3 Å². The molecule has 0 rings (SSSR count). The van der Waals surface area contributed by atoms with Crippen molar-refractivity contribution in [3.05, 3.63) is 0 Å². The minimum atomic E-state index is -0.414. The molecule has 0 heterocycles. The van der Waals surface area contributed by atoms with Crippen LogP contribution in [0.25, 0.3) is 0 Å². The number of amides is 2. The summed E-state index contributed by atoms with van der Waals surface area (Å²) < 4.78 is 0. The molecule has 0 aliphatic heterocycles. The highest BCUT2D eigenvalue weighted by atomic mass is 16.2. The van der Waals surface area contributed by atoms with E-state index in [2.05, 4.69) is 28.2 Å². The zero-order valence-corrected chi connectivity index (χ0v) is 18.4. The molecule has 0 aromatic heterocycles. The van der Waals surface area contributed by atoms with Crippen LogP contribution in [0.1, 0.15) is 78.1 Å². The van der Waals surface area contributed by atoms with E-state index in [9.17, 15) is 14.4 Å². The van der Waals surface area contributed by atoms with Gasteiger partial charge in [-0.05, 0) is 72.5 Å². The molecule has 0 fully saturated rings. The molecule has 4 N–H and O–H groups in total. The van der Waals surface area contributed by atoms with Gasteiger partial charge in [-0.3, -0.25) is 14.4 Å². The lowest BCUT2D eigenvalue weighted by atomic mass is 10.0. The minimum absolute atomic E-state index is 0.00144. The second kappa shape index (κ2) is 17.6. The number of hydrogen-bond donors (Lipinski definition) is 4. The first-order valence-electron chi connectivity index (χ1n) is 10.9. The van der Waals surface area contributed by atoms with Crippen LogP contribution >= 0.6 is 0 Å². The molecule has 0 aliphatic rings. The number of unbranched alkanes of at least 4 members (excludes halogenated alkanes) is 4. The molecular formula is C21H42N4O3. The second-order valence-corrected chi connectivity index (χ2v) is 7.42. The van der Waals surface area contributed by atoms with Crippen LogP contribution in [-0.4, -0.2) is 56.9 Å². The normalized spacial score (nSPS) is 13.0. The van der Waals surface area contributed by atoms with Crippen LogP contribution < -0.4 is 21.3 Å². The third-order valence-electron chi connectivity index (χ3n) is 4.89. The summed E-state index contributed by atoms with van der Waals surface area (Å²) in [6.07, 6.45) is 8.63. The summed E-state index contributed by atoms with van der Waals surface area (Å²) in [6.45, 7) is 5.20. The van der Waals surface area contributed by atoms with Gasteiger partial charge in [-0.2, -0.15) is 0 Å². The summed E-state index contributed by atoms with van der Waals surface area (Å²) in [6, 6.07) is -0.734. The lowest BCUT2D eigenvalue weighted by molar-refractivity contribution is -0.128. The monoisotopic (exact) mass is 398 g/mol. The van der Waals surface area contributed by atoms with E-state index >= 15 is 0 Å². The van der Waals surface area contributed by atoms with E-state index in [0.717, 1.165) is 51.5 Å². The molecule has 7 heteroatoms. The number of likely N-dealkylation sites (N-methyl/N-ethyl adjacent to an activating group) is 1. The molecular weight excluding hydrogens is 356 g/mol. The minimum Gasteiger partial charge on any atom is -0.356 e. The summed E-state index contributed by atoms with van der Waals surface area (Å²) in [5.41, 5.74) is 0. The van der Waals surface area contributed by atoms with Gasteiger partial charge in [0.25, 0.3) is 0 Å². The van der Waals surface area contributed by atoms with Crippen molar-refractivity contribution in [3.8, 4) is 0 Å². The van der Waals surface area contributed by atoms with Gasteiger partial charge in [0, 0.05) is 13.0 Å². The van der Waals surface area contributed by atoms with Crippen molar-refractivity contribution in [1.82, 2.24) is 21.3 Å². The maximum absolute atomic E-state index is 12.5. The van der Waals surface area contributed by atoms with Crippen LogP contribution in [0.4, 0.5) is 0 Å². The highest BCUT2D eigenvalue weighted by molar-refractivity contribution is 5.89. The number of ketones is 1. The zero-order valence-electron chi connectivity index (χ0n) is 18.4. The van der Waals surface area contributed by atoms with E-state index in [0.29, 0.717) is 25.8 Å². The Balaban J connectivity index is 4.12. The summed E-state index contributed by atoms with van der Waals surface area (Å²) >= 11 is 0. The van der Waals surface area contributed by atoms with Gasteiger partial charge in [-0.25, -0.2) is 0 Å². The Morgan fingerprint density at radius 3 is 2.04 bits per heavy atom. The van der Waals surface area contributed by atoms with Gasteiger partial charge in [0.05, 0.1) is 12.1 Å². The van der Waals surface area contributed by atoms with E-state index in [1.165, 1.54) is 6.92 Å². The quantitative estimate of drug-likeness (QED) is 0.264. The molecule has 0 bridgehead atoms. The Bertz CT molecular complexity index is 443. The van der Waals surface area contributed by atoms with Crippen LogP contribution in [0, 0.1) is 0 Å². The molecule has 0 aromatic carbocycles. The molecule has 0 spiro atoms. The molecule has 2 amide bonds. The van der Waals surface area contributed by atoms with E-state index in [1.54, 1.807) is 7.05 Å². The van der Waals surface area contributed by atoms with Gasteiger partial charge in [-0.1, -0.05) is 19.8 Å². The summed E-state index contributed by atoms with van der Waals surface area (Å²) in [4.78, 5) is 36.0. The van der Waals surface area contributed by atoms with Gasteiger partial charge < -0.3 is 21.3 Å². The largest absolute Gasteiger partial charge is 0.356 e. The first-order valence-corrected chi connectivity index (χ1v) is 10.9. The van der Waals surface area contributed by atoms with Crippen molar-refractivity contribution in [2.45, 2.75) is 90.1 Å². The van der Waals surface area contributed by atoms with Crippen LogP contribution in [0.5, 0.6) is 0 Å². The first kappa shape index (κ1) is 26.5. The predicted molar refractivity (Wildman–Crippen MR) is 114 cm³/mol. The van der Waals surface area contributed by atoms with Gasteiger partial charge in [0.1, 0.15) is 0 Å². The molecule has 0 saturated heterocycles. The molecule has 0 aliphatic carbocycles. The van der Waals surface area contributed by atoms with Crippen molar-refractivity contribution in [3.63, 3.8) is 0 Å². The van der Waals surface area contributed by atoms with Gasteiger partial charge >= 0.3 is 0 Å². The summed E-state index contributed by atoms with van der Waals surface area (Å²) in [5.74, 6) is -0.0164. The SMILES string of the molecule is CCCCCC(=O)NCCCCC(NC)C(=O)NC(CCCCNC)C(C)=O. The molecule has 28 heavy (non-hydrogen) atoms. The van der Waals surface area contributed by atoms with Crippen molar-refractivity contribution in [1.29, 1.82) is 0 Å². The smallest absolute Gasteiger partial charge is 0.237 e. The summed E-state index contributed by atoms with van der Waals surface area (Å²) in [5, 5.41) is 11.9. The molecule has 2 atom stereocenters. The first-order chi connectivity index (χ1) is 13.5. The average molecular weight is 399 g/mol. The van der Waals surface area contributed by atoms with E-state index in [-0.39, 0.29) is 23.6 Å². The average Bonchev–Trinajstić information content (AvgIpc) is 2.66. The Kier molecular flexibility index (Phi) is 16.7. The van der Waals surface area contributed by atoms with E-state index in [1.807, 2.05) is 7.05 Å². The predicted octanol–water partition coefficient (Wildman–Crippen LogP) is 1.90. The van der Waals surface area contributed by atoms with Gasteiger partial charge in [0.15, 0.2) is 5.78 Å². The Labute approximate surface area is 171 Å². The second-order valence-electron chi connectivity index (χ2n) is 7.42. The van der Waals surface area contributed by atoms with Crippen LogP contribution in [-0.2, 0) is 14.4 Å². The van der Waals surface area contributed by atoms with Crippen molar-refractivity contribution in [2.24, 2.45) is 0 Å². The highest BCUT2D eigenvalue weighted by Crippen LogP contribution is 2.06. The summed E-state index contributed by atoms with van der Waals surface area (Å²) in [7, 11) is 3.66. The molecule has 7 nitrogen and oxygen atoms in total. The van der Waals surface area contributed by atoms with E-state index < -0.39 is 6.04 Å². The lowest BCUT2D eigenvalue weighted by Gasteiger charge is -2.21. The fourth-order valence-electron chi connectivity index (χ4n) is 3.03. The molecule has 164 valence electrons. The number of nitrogens with one attached hydrogen (secondary N) is 4. The number of carbonyl (C=O) groups is 3. The third-order valence-corrected chi connectivity index (χ3v) is 4.89. The fraction of sp³-hybridized carbons (Fsp3) is 0.857. The number of carbonyl (C=O) groups excluding carboxylic acids is 3. The third kappa shape index (κ3) is 13.7. The molecule has 2 unspecified atom stereocenters. The maximum atomic E-state index is 12.5. The molecule has 0 saturated carbocycles. The number of hydrogen-bond acceptors (Lipinski definition) is 5. The lowest BCUT2D eigenvalue weighted by Crippen LogP contribution is -2.49. The number of rotatable bonds is 18. The van der Waals surface area contributed by atoms with Crippen molar-refractivity contribution >= 4 is 17.6 Å².